The average Bonchev–Trinajstić information content (AvgIpc) is 2.65. The van der Waals surface area contributed by atoms with Crippen molar-refractivity contribution in [3.8, 4) is 0 Å². The molecule has 0 aliphatic carbocycles. The molecular weight excluding hydrogens is 461 g/mol. The second kappa shape index (κ2) is 10.4. The fourth-order valence-electron chi connectivity index (χ4n) is 3.15. The number of carbonyl (C=O) groups excluding carboxylic acids is 3. The van der Waals surface area contributed by atoms with Crippen molar-refractivity contribution >= 4 is 37.3 Å². The third-order valence-corrected chi connectivity index (χ3v) is 6.84. The van der Waals surface area contributed by atoms with Gasteiger partial charge in [0.05, 0.1) is 0 Å². The van der Waals surface area contributed by atoms with Crippen molar-refractivity contribution in [2.75, 3.05) is 6.61 Å². The number of benzene rings is 1. The Morgan fingerprint density at radius 3 is 2.23 bits per heavy atom. The molecule has 0 bridgehead atoms. The van der Waals surface area contributed by atoms with Gasteiger partial charge in [0, 0.05) is 0 Å². The van der Waals surface area contributed by atoms with E-state index in [2.05, 4.69) is 10.0 Å². The van der Waals surface area contributed by atoms with Crippen molar-refractivity contribution in [3.63, 3.8) is 0 Å². The first-order chi connectivity index (χ1) is 14.2. The van der Waals surface area contributed by atoms with Crippen LogP contribution in [0, 0.1) is 0 Å². The van der Waals surface area contributed by atoms with E-state index in [-0.39, 0.29) is 6.61 Å². The summed E-state index contributed by atoms with van der Waals surface area (Å²) < 4.78 is 22.0. The van der Waals surface area contributed by atoms with Gasteiger partial charge in [-0.3, -0.25) is 0 Å². The molecule has 30 heavy (non-hydrogen) atoms. The van der Waals surface area contributed by atoms with Crippen LogP contribution in [0.1, 0.15) is 27.7 Å². The number of azide groups is 1. The van der Waals surface area contributed by atoms with Gasteiger partial charge in [0.25, 0.3) is 0 Å². The van der Waals surface area contributed by atoms with E-state index in [1.807, 2.05) is 30.3 Å². The van der Waals surface area contributed by atoms with Gasteiger partial charge < -0.3 is 0 Å². The standard InChI is InChI=1S/C19H23N3O7Se/c1-11(23)26-10-15-16(27-12(2)24)17(28-13(3)25)18(21-22-20)19(4,29-15)30-14-8-6-5-7-9-14/h5-9,15-18H,10H2,1-4H3/t15-,16+,17+,18-,19-/m1/s1. The summed E-state index contributed by atoms with van der Waals surface area (Å²) >= 11 is -0.402. The summed E-state index contributed by atoms with van der Waals surface area (Å²) in [7, 11) is 0. The van der Waals surface area contributed by atoms with Crippen LogP contribution in [0.3, 0.4) is 0 Å². The summed E-state index contributed by atoms with van der Waals surface area (Å²) in [5.41, 5.74) is 9.17. The van der Waals surface area contributed by atoms with Crippen LogP contribution >= 0.6 is 0 Å². The van der Waals surface area contributed by atoms with Crippen LogP contribution in [-0.2, 0) is 33.3 Å². The summed E-state index contributed by atoms with van der Waals surface area (Å²) in [5, 5.41) is 3.85. The van der Waals surface area contributed by atoms with Crippen LogP contribution in [-0.4, -0.2) is 68.3 Å². The van der Waals surface area contributed by atoms with Crippen molar-refractivity contribution in [2.24, 2.45) is 5.11 Å². The maximum atomic E-state index is 11.8. The molecule has 0 aromatic heterocycles. The molecule has 0 N–H and O–H groups in total. The molecule has 0 amide bonds. The molecule has 1 fully saturated rings. The molecule has 1 saturated heterocycles. The molecule has 10 nitrogen and oxygen atoms in total. The normalized spacial score (nSPS) is 28.0. The molecule has 1 heterocycles. The van der Waals surface area contributed by atoms with Gasteiger partial charge in [-0.05, 0) is 0 Å². The van der Waals surface area contributed by atoms with E-state index in [0.717, 1.165) is 4.46 Å². The fourth-order valence-corrected chi connectivity index (χ4v) is 5.74. The molecular formula is C19H23N3O7Se. The Labute approximate surface area is 180 Å². The number of carbonyl (C=O) groups is 3. The molecule has 0 saturated carbocycles. The number of esters is 3. The number of nitrogens with zero attached hydrogens (tertiary/aromatic N) is 3. The van der Waals surface area contributed by atoms with Crippen LogP contribution in [0.2, 0.25) is 0 Å². The van der Waals surface area contributed by atoms with Crippen molar-refractivity contribution in [1.29, 1.82) is 0 Å². The van der Waals surface area contributed by atoms with Crippen LogP contribution in [0.15, 0.2) is 35.4 Å². The van der Waals surface area contributed by atoms with E-state index in [0.29, 0.717) is 0 Å². The summed E-state index contributed by atoms with van der Waals surface area (Å²) in [5.74, 6) is -1.83. The third kappa shape index (κ3) is 6.21. The molecule has 1 aromatic carbocycles. The third-order valence-electron chi connectivity index (χ3n) is 4.22. The van der Waals surface area contributed by atoms with Gasteiger partial charge in [-0.1, -0.05) is 0 Å². The summed E-state index contributed by atoms with van der Waals surface area (Å²) in [6.45, 7) is 5.14. The first-order valence-electron chi connectivity index (χ1n) is 9.10. The molecule has 5 atom stereocenters. The first kappa shape index (κ1) is 23.7. The van der Waals surface area contributed by atoms with Gasteiger partial charge in [0.15, 0.2) is 0 Å². The zero-order chi connectivity index (χ0) is 22.3. The summed E-state index contributed by atoms with van der Waals surface area (Å²) in [4.78, 5) is 37.8. The van der Waals surface area contributed by atoms with Crippen molar-refractivity contribution in [2.45, 2.75) is 56.5 Å². The van der Waals surface area contributed by atoms with Crippen LogP contribution in [0.5, 0.6) is 0 Å². The Morgan fingerprint density at radius 2 is 1.70 bits per heavy atom. The van der Waals surface area contributed by atoms with Gasteiger partial charge in [0.1, 0.15) is 0 Å². The summed E-state index contributed by atoms with van der Waals surface area (Å²) in [6.07, 6.45) is -3.17. The Hall–Kier alpha value is -2.58. The van der Waals surface area contributed by atoms with Crippen molar-refractivity contribution in [3.05, 3.63) is 40.8 Å². The number of hydrogen-bond acceptors (Lipinski definition) is 8. The molecule has 2 rings (SSSR count). The van der Waals surface area contributed by atoms with Crippen molar-refractivity contribution < 1.29 is 33.3 Å². The molecule has 0 spiro atoms. The van der Waals surface area contributed by atoms with E-state index in [1.165, 1.54) is 20.8 Å². The Kier molecular flexibility index (Phi) is 8.25. The Morgan fingerprint density at radius 1 is 1.10 bits per heavy atom. The first-order valence-corrected chi connectivity index (χ1v) is 10.8. The topological polar surface area (TPSA) is 137 Å². The molecule has 1 aliphatic rings. The number of rotatable bonds is 7. The molecule has 11 heteroatoms. The van der Waals surface area contributed by atoms with E-state index < -0.39 is 61.7 Å². The van der Waals surface area contributed by atoms with Crippen LogP contribution in [0.25, 0.3) is 10.4 Å². The van der Waals surface area contributed by atoms with Gasteiger partial charge in [-0.25, -0.2) is 0 Å². The quantitative estimate of drug-likeness (QED) is 0.142. The van der Waals surface area contributed by atoms with Crippen LogP contribution < -0.4 is 4.46 Å². The van der Waals surface area contributed by atoms with Gasteiger partial charge in [-0.15, -0.1) is 0 Å². The van der Waals surface area contributed by atoms with E-state index in [9.17, 15) is 19.9 Å². The molecule has 0 unspecified atom stereocenters. The van der Waals surface area contributed by atoms with Gasteiger partial charge in [0.2, 0.25) is 0 Å². The number of hydrogen-bond donors (Lipinski definition) is 0. The molecule has 1 aliphatic heterocycles. The average molecular weight is 484 g/mol. The molecule has 0 radical (unpaired) electrons. The Balaban J connectivity index is 2.51. The van der Waals surface area contributed by atoms with E-state index in [1.54, 1.807) is 6.92 Å². The Bertz CT molecular complexity index is 831. The predicted molar refractivity (Wildman–Crippen MR) is 106 cm³/mol. The predicted octanol–water partition coefficient (Wildman–Crippen LogP) is 1.24. The minimum atomic E-state index is -1.12. The molecule has 1 aromatic rings. The zero-order valence-corrected chi connectivity index (χ0v) is 18.7. The van der Waals surface area contributed by atoms with Gasteiger partial charge >= 0.3 is 180 Å². The monoisotopic (exact) mass is 485 g/mol. The van der Waals surface area contributed by atoms with Gasteiger partial charge in [-0.2, -0.15) is 0 Å². The zero-order valence-electron chi connectivity index (χ0n) is 17.0. The second-order valence-corrected chi connectivity index (χ2v) is 9.81. The number of ether oxygens (including phenoxy) is 4. The summed E-state index contributed by atoms with van der Waals surface area (Å²) in [6, 6.07) is 8.44. The fraction of sp³-hybridized carbons (Fsp3) is 0.526. The SMILES string of the molecule is CC(=O)OC[C@H]1O[C@](C)([Se]c2ccccc2)[C@H](N=[N+]=[N-])[C@@H](OC(C)=O)[C@H]1OC(C)=O. The van der Waals surface area contributed by atoms with Crippen LogP contribution in [0.4, 0.5) is 0 Å². The van der Waals surface area contributed by atoms with E-state index in [4.69, 9.17) is 18.9 Å². The maximum absolute atomic E-state index is 11.8. The van der Waals surface area contributed by atoms with E-state index >= 15 is 0 Å². The van der Waals surface area contributed by atoms with Crippen molar-refractivity contribution in [1.82, 2.24) is 0 Å². The second-order valence-electron chi connectivity index (χ2n) is 6.69. The minimum absolute atomic E-state index is 0.228. The molecule has 162 valence electrons.